The van der Waals surface area contributed by atoms with Crippen LogP contribution in [0.25, 0.3) is 0 Å². The summed E-state index contributed by atoms with van der Waals surface area (Å²) in [6, 6.07) is 6.47. The lowest BCUT2D eigenvalue weighted by molar-refractivity contribution is 0.0697. The smallest absolute Gasteiger partial charge is 0.335 e. The van der Waals surface area contributed by atoms with Crippen molar-refractivity contribution in [1.82, 2.24) is 20.0 Å². The van der Waals surface area contributed by atoms with Gasteiger partial charge in [0, 0.05) is 32.4 Å². The molecule has 1 fully saturated rings. The normalized spacial score (nSPS) is 15.0. The molecule has 0 saturated carbocycles. The number of aryl methyl sites for hydroxylation is 1. The minimum atomic E-state index is -0.951. The van der Waals surface area contributed by atoms with E-state index in [9.17, 15) is 9.59 Å². The first-order chi connectivity index (χ1) is 12.6. The summed E-state index contributed by atoms with van der Waals surface area (Å²) in [7, 11) is 0. The minimum absolute atomic E-state index is 0.0741. The molecule has 2 aromatic rings. The lowest BCUT2D eigenvalue weighted by Gasteiger charge is -2.31. The standard InChI is InChI=1S/C19H24N4O3/c1-2-23-13-17(12-21-23)15-7-9-22(10-8-15)19(26)20-11-14-3-5-16(6-4-14)18(24)25/h3-6,12-13,15H,2,7-11H2,1H3,(H,20,26)(H,24,25). The fourth-order valence-electron chi connectivity index (χ4n) is 3.23. The van der Waals surface area contributed by atoms with E-state index in [1.54, 1.807) is 24.3 Å². The number of carboxylic acid groups (broad SMARTS) is 1. The number of carbonyl (C=O) groups excluding carboxylic acids is 1. The van der Waals surface area contributed by atoms with Crippen LogP contribution in [0, 0.1) is 0 Å². The molecule has 2 N–H and O–H groups in total. The van der Waals surface area contributed by atoms with Crippen LogP contribution in [0.2, 0.25) is 0 Å². The summed E-state index contributed by atoms with van der Waals surface area (Å²) >= 11 is 0. The predicted molar refractivity (Wildman–Crippen MR) is 97.1 cm³/mol. The SMILES string of the molecule is CCn1cc(C2CCN(C(=O)NCc3ccc(C(=O)O)cc3)CC2)cn1. The van der Waals surface area contributed by atoms with Crippen molar-refractivity contribution >= 4 is 12.0 Å². The van der Waals surface area contributed by atoms with Crippen molar-refractivity contribution in [1.29, 1.82) is 0 Å². The third-order valence-corrected chi connectivity index (χ3v) is 4.88. The van der Waals surface area contributed by atoms with Gasteiger partial charge in [0.25, 0.3) is 0 Å². The van der Waals surface area contributed by atoms with E-state index in [0.717, 1.165) is 38.0 Å². The van der Waals surface area contributed by atoms with Gasteiger partial charge >= 0.3 is 12.0 Å². The van der Waals surface area contributed by atoms with Crippen LogP contribution in [0.15, 0.2) is 36.7 Å². The van der Waals surface area contributed by atoms with E-state index in [0.29, 0.717) is 12.5 Å². The topological polar surface area (TPSA) is 87.5 Å². The average Bonchev–Trinajstić information content (AvgIpc) is 3.16. The van der Waals surface area contributed by atoms with Gasteiger partial charge < -0.3 is 15.3 Å². The van der Waals surface area contributed by atoms with Crippen molar-refractivity contribution in [3.8, 4) is 0 Å². The predicted octanol–water partition coefficient (Wildman–Crippen LogP) is 2.69. The summed E-state index contributed by atoms with van der Waals surface area (Å²) in [5.41, 5.74) is 2.38. The van der Waals surface area contributed by atoms with E-state index in [2.05, 4.69) is 23.5 Å². The number of likely N-dealkylation sites (tertiary alicyclic amines) is 1. The number of urea groups is 1. The Balaban J connectivity index is 1.46. The largest absolute Gasteiger partial charge is 0.478 e. The molecule has 2 heterocycles. The van der Waals surface area contributed by atoms with E-state index in [1.807, 2.05) is 15.8 Å². The number of hydrogen-bond acceptors (Lipinski definition) is 3. The molecular formula is C19H24N4O3. The Bertz CT molecular complexity index is 761. The number of piperidine rings is 1. The van der Waals surface area contributed by atoms with Crippen molar-refractivity contribution in [3.63, 3.8) is 0 Å². The number of aromatic carboxylic acids is 1. The van der Waals surface area contributed by atoms with Crippen molar-refractivity contribution < 1.29 is 14.7 Å². The van der Waals surface area contributed by atoms with Crippen LogP contribution in [0.4, 0.5) is 4.79 Å². The Morgan fingerprint density at radius 1 is 1.23 bits per heavy atom. The number of carbonyl (C=O) groups is 2. The van der Waals surface area contributed by atoms with E-state index in [-0.39, 0.29) is 11.6 Å². The molecule has 3 rings (SSSR count). The molecule has 0 spiro atoms. The van der Waals surface area contributed by atoms with Gasteiger partial charge in [0.15, 0.2) is 0 Å². The summed E-state index contributed by atoms with van der Waals surface area (Å²) in [4.78, 5) is 25.0. The number of aromatic nitrogens is 2. The number of nitrogens with one attached hydrogen (secondary N) is 1. The maximum absolute atomic E-state index is 12.3. The van der Waals surface area contributed by atoms with Gasteiger partial charge in [0.1, 0.15) is 0 Å². The highest BCUT2D eigenvalue weighted by molar-refractivity contribution is 5.87. The average molecular weight is 356 g/mol. The quantitative estimate of drug-likeness (QED) is 0.862. The molecule has 26 heavy (non-hydrogen) atoms. The van der Waals surface area contributed by atoms with Crippen LogP contribution in [0.3, 0.4) is 0 Å². The first-order valence-electron chi connectivity index (χ1n) is 8.94. The first-order valence-corrected chi connectivity index (χ1v) is 8.94. The molecule has 1 saturated heterocycles. The van der Waals surface area contributed by atoms with Crippen LogP contribution >= 0.6 is 0 Å². The van der Waals surface area contributed by atoms with Crippen molar-refractivity contribution in [3.05, 3.63) is 53.3 Å². The second-order valence-corrected chi connectivity index (χ2v) is 6.55. The number of amides is 2. The molecule has 0 atom stereocenters. The zero-order chi connectivity index (χ0) is 18.5. The molecular weight excluding hydrogens is 332 g/mol. The maximum Gasteiger partial charge on any atom is 0.335 e. The molecule has 1 aliphatic rings. The van der Waals surface area contributed by atoms with Gasteiger partial charge in [-0.05, 0) is 48.9 Å². The molecule has 138 valence electrons. The highest BCUT2D eigenvalue weighted by atomic mass is 16.4. The van der Waals surface area contributed by atoms with Crippen LogP contribution in [0.1, 0.15) is 47.2 Å². The maximum atomic E-state index is 12.3. The number of benzene rings is 1. The molecule has 7 nitrogen and oxygen atoms in total. The zero-order valence-electron chi connectivity index (χ0n) is 14.9. The summed E-state index contributed by atoms with van der Waals surface area (Å²) in [5, 5.41) is 16.1. The van der Waals surface area contributed by atoms with Crippen molar-refractivity contribution in [2.45, 2.75) is 38.8 Å². The van der Waals surface area contributed by atoms with E-state index in [1.165, 1.54) is 5.56 Å². The van der Waals surface area contributed by atoms with E-state index >= 15 is 0 Å². The molecule has 0 radical (unpaired) electrons. The lowest BCUT2D eigenvalue weighted by atomic mass is 9.92. The Morgan fingerprint density at radius 2 is 1.92 bits per heavy atom. The Hall–Kier alpha value is -2.83. The summed E-state index contributed by atoms with van der Waals surface area (Å²) in [6.07, 6.45) is 5.91. The third-order valence-electron chi connectivity index (χ3n) is 4.88. The minimum Gasteiger partial charge on any atom is -0.478 e. The molecule has 0 aliphatic carbocycles. The Morgan fingerprint density at radius 3 is 2.50 bits per heavy atom. The number of carboxylic acids is 1. The van der Waals surface area contributed by atoms with Crippen molar-refractivity contribution in [2.75, 3.05) is 13.1 Å². The lowest BCUT2D eigenvalue weighted by Crippen LogP contribution is -2.43. The molecule has 0 bridgehead atoms. The third kappa shape index (κ3) is 4.22. The van der Waals surface area contributed by atoms with Crippen LogP contribution in [0.5, 0.6) is 0 Å². The summed E-state index contributed by atoms with van der Waals surface area (Å²) < 4.78 is 1.93. The van der Waals surface area contributed by atoms with Gasteiger partial charge in [0.05, 0.1) is 11.8 Å². The second-order valence-electron chi connectivity index (χ2n) is 6.55. The first kappa shape index (κ1) is 18.0. The van der Waals surface area contributed by atoms with Crippen LogP contribution < -0.4 is 5.32 Å². The molecule has 1 aromatic heterocycles. The summed E-state index contributed by atoms with van der Waals surface area (Å²) in [6.45, 7) is 4.78. The monoisotopic (exact) mass is 356 g/mol. The van der Waals surface area contributed by atoms with E-state index < -0.39 is 5.97 Å². The molecule has 2 amide bonds. The highest BCUT2D eigenvalue weighted by Gasteiger charge is 2.24. The number of hydrogen-bond donors (Lipinski definition) is 2. The van der Waals surface area contributed by atoms with Gasteiger partial charge in [-0.25, -0.2) is 9.59 Å². The van der Waals surface area contributed by atoms with Gasteiger partial charge in [-0.15, -0.1) is 0 Å². The van der Waals surface area contributed by atoms with Crippen LogP contribution in [-0.2, 0) is 13.1 Å². The van der Waals surface area contributed by atoms with E-state index in [4.69, 9.17) is 5.11 Å². The van der Waals surface area contributed by atoms with Gasteiger partial charge in [-0.3, -0.25) is 4.68 Å². The highest BCUT2D eigenvalue weighted by Crippen LogP contribution is 2.27. The molecule has 1 aromatic carbocycles. The molecule has 0 unspecified atom stereocenters. The van der Waals surface area contributed by atoms with Gasteiger partial charge in [-0.1, -0.05) is 12.1 Å². The fourth-order valence-corrected chi connectivity index (χ4v) is 3.23. The Labute approximate surface area is 152 Å². The second kappa shape index (κ2) is 8.03. The van der Waals surface area contributed by atoms with Crippen LogP contribution in [-0.4, -0.2) is 44.9 Å². The zero-order valence-corrected chi connectivity index (χ0v) is 14.9. The van der Waals surface area contributed by atoms with Gasteiger partial charge in [-0.2, -0.15) is 5.10 Å². The molecule has 7 heteroatoms. The van der Waals surface area contributed by atoms with Gasteiger partial charge in [0.2, 0.25) is 0 Å². The summed E-state index contributed by atoms with van der Waals surface area (Å²) in [5.74, 6) is -0.490. The molecule has 1 aliphatic heterocycles. The number of nitrogens with zero attached hydrogens (tertiary/aromatic N) is 3. The number of rotatable bonds is 5. The fraction of sp³-hybridized carbons (Fsp3) is 0.421. The Kier molecular flexibility index (Phi) is 5.55. The van der Waals surface area contributed by atoms with Crippen molar-refractivity contribution in [2.24, 2.45) is 0 Å².